The summed E-state index contributed by atoms with van der Waals surface area (Å²) in [4.78, 5) is 5.06. The van der Waals surface area contributed by atoms with Gasteiger partial charge in [0.2, 0.25) is 0 Å². The summed E-state index contributed by atoms with van der Waals surface area (Å²) in [7, 11) is 0. The molecule has 5 heteroatoms. The Hall–Kier alpha value is -0.200. The lowest BCUT2D eigenvalue weighted by atomic mass is 10.2. The van der Waals surface area contributed by atoms with E-state index < -0.39 is 0 Å². The first kappa shape index (κ1) is 11.9. The van der Waals surface area contributed by atoms with Gasteiger partial charge in [-0.1, -0.05) is 0 Å². The summed E-state index contributed by atoms with van der Waals surface area (Å²) in [5.74, 6) is -0.142. The summed E-state index contributed by atoms with van der Waals surface area (Å²) in [6.45, 7) is 9.08. The number of nitrogens with zero attached hydrogens (tertiary/aromatic N) is 3. The van der Waals surface area contributed by atoms with E-state index in [1.165, 1.54) is 25.9 Å². The van der Waals surface area contributed by atoms with Crippen molar-refractivity contribution in [3.8, 4) is 0 Å². The molecule has 0 aromatic carbocycles. The average molecular weight is 239 g/mol. The van der Waals surface area contributed by atoms with Crippen LogP contribution in [0.2, 0.25) is 0 Å². The molecule has 0 saturated carbocycles. The van der Waals surface area contributed by atoms with E-state index in [-0.39, 0.29) is 5.79 Å². The predicted molar refractivity (Wildman–Crippen MR) is 65.8 cm³/mol. The first-order valence-corrected chi connectivity index (χ1v) is 6.89. The van der Waals surface area contributed by atoms with E-state index in [4.69, 9.17) is 10.1 Å². The lowest BCUT2D eigenvalue weighted by molar-refractivity contribution is -0.153. The number of nitrogens with one attached hydrogen (secondary N) is 1. The molecule has 3 aliphatic rings. The van der Waals surface area contributed by atoms with Crippen molar-refractivity contribution in [2.45, 2.75) is 18.6 Å². The van der Waals surface area contributed by atoms with Crippen LogP contribution in [0.4, 0.5) is 0 Å². The zero-order valence-corrected chi connectivity index (χ0v) is 10.5. The SMILES string of the molecule is C1CCN(C2(N3CCNCC3)COCC[N]2)C1. The van der Waals surface area contributed by atoms with Crippen LogP contribution in [0.25, 0.3) is 0 Å². The first-order chi connectivity index (χ1) is 8.42. The lowest BCUT2D eigenvalue weighted by Gasteiger charge is -2.51. The van der Waals surface area contributed by atoms with Gasteiger partial charge >= 0.3 is 0 Å². The molecule has 0 amide bonds. The fraction of sp³-hybridized carbons (Fsp3) is 1.00. The highest BCUT2D eigenvalue weighted by Gasteiger charge is 2.46. The zero-order chi connectivity index (χ0) is 11.6. The van der Waals surface area contributed by atoms with Crippen molar-refractivity contribution in [2.75, 3.05) is 59.0 Å². The number of ether oxygens (including phenoxy) is 1. The minimum atomic E-state index is -0.142. The van der Waals surface area contributed by atoms with Crippen LogP contribution in [0.1, 0.15) is 12.8 Å². The molecule has 3 aliphatic heterocycles. The maximum Gasteiger partial charge on any atom is 0.168 e. The van der Waals surface area contributed by atoms with Crippen molar-refractivity contribution in [2.24, 2.45) is 0 Å². The molecule has 3 fully saturated rings. The van der Waals surface area contributed by atoms with Gasteiger partial charge in [0.25, 0.3) is 0 Å². The van der Waals surface area contributed by atoms with Crippen molar-refractivity contribution in [1.82, 2.24) is 20.4 Å². The third-order valence-corrected chi connectivity index (χ3v) is 4.13. The smallest absolute Gasteiger partial charge is 0.168 e. The normalized spacial score (nSPS) is 37.4. The molecule has 3 heterocycles. The highest BCUT2D eigenvalue weighted by atomic mass is 16.5. The summed E-state index contributed by atoms with van der Waals surface area (Å²) < 4.78 is 5.75. The Kier molecular flexibility index (Phi) is 3.63. The second kappa shape index (κ2) is 5.20. The summed E-state index contributed by atoms with van der Waals surface area (Å²) in [6, 6.07) is 0. The summed E-state index contributed by atoms with van der Waals surface area (Å²) in [5.41, 5.74) is 0. The van der Waals surface area contributed by atoms with Crippen LogP contribution >= 0.6 is 0 Å². The van der Waals surface area contributed by atoms with Gasteiger partial charge in [-0.05, 0) is 12.8 Å². The molecule has 0 aromatic heterocycles. The van der Waals surface area contributed by atoms with Crippen LogP contribution in [0, 0.1) is 0 Å². The molecule has 3 saturated heterocycles. The molecular formula is C12H23N4O. The Bertz CT molecular complexity index is 243. The van der Waals surface area contributed by atoms with Crippen LogP contribution in [-0.4, -0.2) is 74.6 Å². The maximum atomic E-state index is 5.75. The summed E-state index contributed by atoms with van der Waals surface area (Å²) >= 11 is 0. The van der Waals surface area contributed by atoms with Crippen molar-refractivity contribution in [3.05, 3.63) is 0 Å². The highest BCUT2D eigenvalue weighted by Crippen LogP contribution is 2.26. The third-order valence-electron chi connectivity index (χ3n) is 4.13. The fourth-order valence-electron chi connectivity index (χ4n) is 3.22. The maximum absolute atomic E-state index is 5.75. The molecule has 1 atom stereocenters. The Labute approximate surface area is 103 Å². The molecule has 0 spiro atoms. The first-order valence-electron chi connectivity index (χ1n) is 6.89. The highest BCUT2D eigenvalue weighted by molar-refractivity contribution is 4.94. The summed E-state index contributed by atoms with van der Waals surface area (Å²) in [6.07, 6.45) is 2.62. The standard InChI is InChI=1S/C12H23N4O/c1-2-7-15(6-1)12(11-17-10-5-14-12)16-8-3-13-4-9-16/h13H,1-11H2. The molecule has 1 unspecified atom stereocenters. The lowest BCUT2D eigenvalue weighted by Crippen LogP contribution is -2.72. The van der Waals surface area contributed by atoms with Crippen LogP contribution in [0.3, 0.4) is 0 Å². The molecule has 0 aliphatic carbocycles. The molecule has 17 heavy (non-hydrogen) atoms. The number of hydrogen-bond donors (Lipinski definition) is 1. The zero-order valence-electron chi connectivity index (χ0n) is 10.5. The van der Waals surface area contributed by atoms with Crippen LogP contribution in [0.15, 0.2) is 0 Å². The Morgan fingerprint density at radius 3 is 2.35 bits per heavy atom. The number of rotatable bonds is 2. The number of likely N-dealkylation sites (tertiary alicyclic amines) is 1. The second-order valence-corrected chi connectivity index (χ2v) is 5.14. The molecule has 1 radical (unpaired) electrons. The topological polar surface area (TPSA) is 41.8 Å². The monoisotopic (exact) mass is 239 g/mol. The molecule has 97 valence electrons. The van der Waals surface area contributed by atoms with Crippen molar-refractivity contribution in [1.29, 1.82) is 0 Å². The molecule has 5 nitrogen and oxygen atoms in total. The van der Waals surface area contributed by atoms with Gasteiger partial charge in [-0.25, -0.2) is 5.32 Å². The Morgan fingerprint density at radius 1 is 1.00 bits per heavy atom. The Morgan fingerprint density at radius 2 is 1.71 bits per heavy atom. The van der Waals surface area contributed by atoms with Crippen molar-refractivity contribution < 1.29 is 4.74 Å². The van der Waals surface area contributed by atoms with Crippen LogP contribution in [-0.2, 0) is 4.74 Å². The van der Waals surface area contributed by atoms with E-state index in [0.29, 0.717) is 0 Å². The van der Waals surface area contributed by atoms with E-state index >= 15 is 0 Å². The molecule has 0 bridgehead atoms. The minimum Gasteiger partial charge on any atom is -0.375 e. The second-order valence-electron chi connectivity index (χ2n) is 5.14. The van der Waals surface area contributed by atoms with E-state index in [1.807, 2.05) is 0 Å². The van der Waals surface area contributed by atoms with Gasteiger partial charge in [0, 0.05) is 45.8 Å². The fourth-order valence-corrected chi connectivity index (χ4v) is 3.22. The van der Waals surface area contributed by atoms with E-state index in [1.54, 1.807) is 0 Å². The van der Waals surface area contributed by atoms with E-state index in [0.717, 1.165) is 45.9 Å². The van der Waals surface area contributed by atoms with Crippen LogP contribution < -0.4 is 10.6 Å². The number of morpholine rings is 1. The van der Waals surface area contributed by atoms with Gasteiger partial charge < -0.3 is 10.1 Å². The van der Waals surface area contributed by atoms with Gasteiger partial charge in [0.1, 0.15) is 0 Å². The molecule has 1 N–H and O–H groups in total. The average Bonchev–Trinajstić information content (AvgIpc) is 2.95. The largest absolute Gasteiger partial charge is 0.375 e. The summed E-state index contributed by atoms with van der Waals surface area (Å²) in [5, 5.41) is 8.38. The van der Waals surface area contributed by atoms with Gasteiger partial charge in [-0.15, -0.1) is 0 Å². The van der Waals surface area contributed by atoms with Gasteiger partial charge in [-0.3, -0.25) is 9.80 Å². The van der Waals surface area contributed by atoms with Gasteiger partial charge in [0.05, 0.1) is 13.2 Å². The minimum absolute atomic E-state index is 0.142. The number of piperazine rings is 1. The van der Waals surface area contributed by atoms with Crippen molar-refractivity contribution in [3.63, 3.8) is 0 Å². The molecule has 3 rings (SSSR count). The number of hydrogen-bond acceptors (Lipinski definition) is 4. The van der Waals surface area contributed by atoms with Crippen LogP contribution in [0.5, 0.6) is 0 Å². The van der Waals surface area contributed by atoms with Gasteiger partial charge in [-0.2, -0.15) is 0 Å². The van der Waals surface area contributed by atoms with Gasteiger partial charge in [0.15, 0.2) is 5.79 Å². The predicted octanol–water partition coefficient (Wildman–Crippen LogP) is -0.724. The van der Waals surface area contributed by atoms with E-state index in [9.17, 15) is 0 Å². The molecule has 0 aromatic rings. The third kappa shape index (κ3) is 2.22. The Balaban J connectivity index is 1.78. The van der Waals surface area contributed by atoms with E-state index in [2.05, 4.69) is 15.1 Å². The quantitative estimate of drug-likeness (QED) is 0.690. The van der Waals surface area contributed by atoms with Crippen molar-refractivity contribution >= 4 is 0 Å². The molecular weight excluding hydrogens is 216 g/mol.